The Kier molecular flexibility index (Phi) is 17.0. The SMILES string of the molecule is C[N+](C)(C#P=O)CCO.[NaH].[NaH]. The summed E-state index contributed by atoms with van der Waals surface area (Å²) >= 11 is 0. The third kappa shape index (κ3) is 11.9. The van der Waals surface area contributed by atoms with Gasteiger partial charge in [-0.1, -0.05) is 0 Å². The van der Waals surface area contributed by atoms with Crippen molar-refractivity contribution >= 4 is 67.0 Å². The van der Waals surface area contributed by atoms with Gasteiger partial charge in [-0.3, -0.25) is 0 Å². The van der Waals surface area contributed by atoms with Crippen molar-refractivity contribution in [3.8, 4) is 5.75 Å². The van der Waals surface area contributed by atoms with Gasteiger partial charge in [-0.05, 0) is 0 Å². The minimum atomic E-state index is -0.105. The predicted molar refractivity (Wildman–Crippen MR) is 49.9 cm³/mol. The first-order chi connectivity index (χ1) is 4.12. The Labute approximate surface area is 113 Å². The van der Waals surface area contributed by atoms with Crippen LogP contribution in [0.15, 0.2) is 0 Å². The molecule has 0 aromatic rings. The Morgan fingerprint density at radius 3 is 2.18 bits per heavy atom. The van der Waals surface area contributed by atoms with Gasteiger partial charge in [0.1, 0.15) is 0 Å². The van der Waals surface area contributed by atoms with E-state index in [1.165, 1.54) is 0 Å². The number of aliphatic hydroxyl groups excluding tert-OH is 1. The molecule has 1 N–H and O–H groups in total. The minimum absolute atomic E-state index is 0. The summed E-state index contributed by atoms with van der Waals surface area (Å²) in [5.41, 5.74) is 0. The van der Waals surface area contributed by atoms with Gasteiger partial charge in [-0.25, -0.2) is 0 Å². The average Bonchev–Trinajstić information content (AvgIpc) is 1.64. The summed E-state index contributed by atoms with van der Waals surface area (Å²) in [5.74, 6) is 2.62. The number of hydrogen-bond acceptors (Lipinski definition) is 2. The standard InChI is InChI=1S/C5H11NO2P.2Na.2H/c1-6(2,3-4-7)5-9-8;;;;/h7H,3-4H2,1-2H3;;;;/q+1;;;;. The Bertz CT molecular complexity index is 178. The Morgan fingerprint density at radius 1 is 1.45 bits per heavy atom. The molecule has 0 rings (SSSR count). The quantitative estimate of drug-likeness (QED) is 0.348. The van der Waals surface area contributed by atoms with Crippen molar-refractivity contribution in [2.24, 2.45) is 0 Å². The van der Waals surface area contributed by atoms with Gasteiger partial charge >= 0.3 is 114 Å². The monoisotopic (exact) mass is 196 g/mol. The molecule has 11 heavy (non-hydrogen) atoms. The van der Waals surface area contributed by atoms with Gasteiger partial charge in [0.25, 0.3) is 0 Å². The van der Waals surface area contributed by atoms with Gasteiger partial charge in [0, 0.05) is 0 Å². The van der Waals surface area contributed by atoms with E-state index in [0.29, 0.717) is 11.0 Å². The van der Waals surface area contributed by atoms with E-state index in [4.69, 9.17) is 5.11 Å². The maximum atomic E-state index is 9.98. The molecule has 0 saturated heterocycles. The molecule has 0 saturated carbocycles. The van der Waals surface area contributed by atoms with Gasteiger partial charge in [0.15, 0.2) is 0 Å². The van der Waals surface area contributed by atoms with Gasteiger partial charge in [-0.2, -0.15) is 0 Å². The molecule has 0 heterocycles. The molecular formula is C5H13NNa2O2P+. The van der Waals surface area contributed by atoms with E-state index in [1.807, 2.05) is 14.1 Å². The van der Waals surface area contributed by atoms with E-state index >= 15 is 0 Å². The molecule has 0 amide bonds. The summed E-state index contributed by atoms with van der Waals surface area (Å²) in [6, 6.07) is 0. The van der Waals surface area contributed by atoms with Crippen LogP contribution in [0.3, 0.4) is 0 Å². The predicted octanol–water partition coefficient (Wildman–Crippen LogP) is -1.03. The third-order valence-electron chi connectivity index (χ3n) is 0.971. The zero-order chi connectivity index (χ0) is 7.33. The Balaban J connectivity index is -0.000000320. The maximum absolute atomic E-state index is 9.98. The van der Waals surface area contributed by atoms with Crippen LogP contribution in [0.5, 0.6) is 0 Å². The van der Waals surface area contributed by atoms with Crippen molar-refractivity contribution in [3.63, 3.8) is 0 Å². The summed E-state index contributed by atoms with van der Waals surface area (Å²) in [6.07, 6.45) is 0. The second kappa shape index (κ2) is 10.0. The van der Waals surface area contributed by atoms with Crippen molar-refractivity contribution < 1.29 is 14.2 Å². The molecule has 0 aliphatic carbocycles. The van der Waals surface area contributed by atoms with Gasteiger partial charge in [0.05, 0.1) is 0 Å². The van der Waals surface area contributed by atoms with Crippen LogP contribution >= 0.6 is 7.92 Å². The van der Waals surface area contributed by atoms with Gasteiger partial charge < -0.3 is 0 Å². The fraction of sp³-hybridized carbons (Fsp3) is 0.800. The van der Waals surface area contributed by atoms with Crippen molar-refractivity contribution in [1.29, 1.82) is 0 Å². The van der Waals surface area contributed by atoms with E-state index < -0.39 is 0 Å². The molecule has 0 aromatic carbocycles. The number of likely N-dealkylation sites (N-methyl/N-ethyl adjacent to an activating group) is 1. The third-order valence-corrected chi connectivity index (χ3v) is 1.59. The summed E-state index contributed by atoms with van der Waals surface area (Å²) in [4.78, 5) is 0. The van der Waals surface area contributed by atoms with Crippen molar-refractivity contribution in [3.05, 3.63) is 0 Å². The summed E-state index contributed by atoms with van der Waals surface area (Å²) in [6.45, 7) is 0.644. The first kappa shape index (κ1) is 18.7. The Morgan fingerprint density at radius 2 is 1.91 bits per heavy atom. The molecule has 0 fully saturated rings. The first-order valence-electron chi connectivity index (χ1n) is 2.66. The fourth-order valence-electron chi connectivity index (χ4n) is 0.411. The van der Waals surface area contributed by atoms with E-state index in [0.717, 1.165) is 0 Å². The molecular weight excluding hydrogens is 183 g/mol. The summed E-state index contributed by atoms with van der Waals surface area (Å²) < 4.78 is 10.3. The molecule has 0 bridgehead atoms. The topological polar surface area (TPSA) is 37.3 Å². The summed E-state index contributed by atoms with van der Waals surface area (Å²) in [5, 5.41) is 8.47. The van der Waals surface area contributed by atoms with E-state index in [9.17, 15) is 4.57 Å². The molecule has 0 atom stereocenters. The normalized spacial score (nSPS) is 8.64. The van der Waals surface area contributed by atoms with Gasteiger partial charge in [-0.15, -0.1) is 0 Å². The zero-order valence-corrected chi connectivity index (χ0v) is 6.56. The molecule has 6 heteroatoms. The number of hydrogen-bond donors (Lipinski definition) is 1. The first-order valence-corrected chi connectivity index (χ1v) is 3.47. The molecule has 0 radical (unpaired) electrons. The van der Waals surface area contributed by atoms with Crippen LogP contribution in [0.25, 0.3) is 0 Å². The number of rotatable bonds is 2. The molecule has 0 spiro atoms. The molecule has 56 valence electrons. The van der Waals surface area contributed by atoms with Crippen LogP contribution in [0.1, 0.15) is 0 Å². The van der Waals surface area contributed by atoms with Crippen molar-refractivity contribution in [1.82, 2.24) is 0 Å². The molecule has 0 aromatic heterocycles. The second-order valence-electron chi connectivity index (χ2n) is 2.32. The van der Waals surface area contributed by atoms with Crippen molar-refractivity contribution in [2.75, 3.05) is 27.2 Å². The number of aliphatic hydroxyl groups is 1. The van der Waals surface area contributed by atoms with E-state index in [1.54, 1.807) is 0 Å². The van der Waals surface area contributed by atoms with E-state index in [2.05, 4.69) is 5.75 Å². The number of nitrogens with zero attached hydrogens (tertiary/aromatic N) is 1. The van der Waals surface area contributed by atoms with Crippen LogP contribution in [0.4, 0.5) is 0 Å². The van der Waals surface area contributed by atoms with Crippen LogP contribution in [0, 0.1) is 5.75 Å². The molecule has 0 unspecified atom stereocenters. The fourth-order valence-corrected chi connectivity index (χ4v) is 0.732. The van der Waals surface area contributed by atoms with Crippen LogP contribution < -0.4 is 0 Å². The van der Waals surface area contributed by atoms with Crippen LogP contribution in [-0.4, -0.2) is 96.0 Å². The van der Waals surface area contributed by atoms with E-state index in [-0.39, 0.29) is 73.6 Å². The van der Waals surface area contributed by atoms with Crippen molar-refractivity contribution in [2.45, 2.75) is 0 Å². The number of quaternary nitrogens is 1. The Hall–Kier alpha value is 1.93. The second-order valence-corrected chi connectivity index (χ2v) is 2.71. The van der Waals surface area contributed by atoms with Crippen LogP contribution in [0.2, 0.25) is 0 Å². The molecule has 3 nitrogen and oxygen atoms in total. The van der Waals surface area contributed by atoms with Gasteiger partial charge in [0.2, 0.25) is 0 Å². The van der Waals surface area contributed by atoms with Crippen LogP contribution in [-0.2, 0) is 4.57 Å². The average molecular weight is 196 g/mol. The summed E-state index contributed by atoms with van der Waals surface area (Å²) in [7, 11) is 3.54. The molecule has 0 aliphatic heterocycles. The zero-order valence-electron chi connectivity index (χ0n) is 5.66. The molecule has 0 aliphatic rings.